The first-order chi connectivity index (χ1) is 11.2. The van der Waals surface area contributed by atoms with Crippen LogP contribution in [0.1, 0.15) is 19.4 Å². The van der Waals surface area contributed by atoms with Gasteiger partial charge in [-0.1, -0.05) is 38.1 Å². The van der Waals surface area contributed by atoms with Gasteiger partial charge in [-0.05, 0) is 41.3 Å². The SMILES string of the molecule is CC(C)CN1CC1COc1ccc(-c2ccc(C#N)cc2)cc1. The zero-order valence-electron chi connectivity index (χ0n) is 13.7. The molecule has 1 fully saturated rings. The first-order valence-electron chi connectivity index (χ1n) is 8.13. The maximum atomic E-state index is 8.84. The molecule has 1 aliphatic heterocycles. The molecule has 0 radical (unpaired) electrons. The second kappa shape index (κ2) is 6.85. The van der Waals surface area contributed by atoms with E-state index in [0.29, 0.717) is 17.5 Å². The second-order valence-electron chi connectivity index (χ2n) is 6.53. The summed E-state index contributed by atoms with van der Waals surface area (Å²) < 4.78 is 5.88. The quantitative estimate of drug-likeness (QED) is 0.758. The van der Waals surface area contributed by atoms with E-state index in [1.807, 2.05) is 36.4 Å². The molecule has 1 heterocycles. The van der Waals surface area contributed by atoms with E-state index in [1.165, 1.54) is 0 Å². The molecule has 2 unspecified atom stereocenters. The molecule has 23 heavy (non-hydrogen) atoms. The molecule has 1 saturated heterocycles. The van der Waals surface area contributed by atoms with Crippen LogP contribution in [-0.4, -0.2) is 30.6 Å². The highest BCUT2D eigenvalue weighted by atomic mass is 16.5. The summed E-state index contributed by atoms with van der Waals surface area (Å²) in [4.78, 5) is 2.45. The summed E-state index contributed by atoms with van der Waals surface area (Å²) in [6, 6.07) is 18.5. The van der Waals surface area contributed by atoms with Crippen molar-refractivity contribution in [2.75, 3.05) is 19.7 Å². The Morgan fingerprint density at radius 2 is 1.70 bits per heavy atom. The van der Waals surface area contributed by atoms with E-state index < -0.39 is 0 Å². The monoisotopic (exact) mass is 306 g/mol. The molecule has 0 amide bonds. The van der Waals surface area contributed by atoms with Crippen LogP contribution in [0.2, 0.25) is 0 Å². The van der Waals surface area contributed by atoms with E-state index in [4.69, 9.17) is 10.00 Å². The van der Waals surface area contributed by atoms with E-state index in [9.17, 15) is 0 Å². The van der Waals surface area contributed by atoms with Crippen LogP contribution in [0.4, 0.5) is 0 Å². The molecule has 3 heteroatoms. The molecular formula is C20H22N2O. The lowest BCUT2D eigenvalue weighted by Gasteiger charge is -2.09. The number of ether oxygens (including phenoxy) is 1. The summed E-state index contributed by atoms with van der Waals surface area (Å²) in [5, 5.41) is 8.84. The van der Waals surface area contributed by atoms with Crippen molar-refractivity contribution in [2.45, 2.75) is 19.9 Å². The van der Waals surface area contributed by atoms with Gasteiger partial charge in [-0.3, -0.25) is 4.90 Å². The fourth-order valence-corrected chi connectivity index (χ4v) is 2.75. The van der Waals surface area contributed by atoms with Gasteiger partial charge >= 0.3 is 0 Å². The van der Waals surface area contributed by atoms with Gasteiger partial charge in [0.2, 0.25) is 0 Å². The predicted octanol–water partition coefficient (Wildman–Crippen LogP) is 3.94. The van der Waals surface area contributed by atoms with Gasteiger partial charge in [-0.15, -0.1) is 0 Å². The fourth-order valence-electron chi connectivity index (χ4n) is 2.75. The third-order valence-corrected chi connectivity index (χ3v) is 4.07. The maximum absolute atomic E-state index is 8.84. The van der Waals surface area contributed by atoms with Crippen LogP contribution in [0.3, 0.4) is 0 Å². The summed E-state index contributed by atoms with van der Waals surface area (Å²) >= 11 is 0. The first-order valence-corrected chi connectivity index (χ1v) is 8.13. The number of nitriles is 1. The molecule has 3 rings (SSSR count). The van der Waals surface area contributed by atoms with Crippen LogP contribution >= 0.6 is 0 Å². The highest BCUT2D eigenvalue weighted by Gasteiger charge is 2.34. The van der Waals surface area contributed by atoms with Crippen molar-refractivity contribution in [1.29, 1.82) is 5.26 Å². The molecule has 3 nitrogen and oxygen atoms in total. The molecule has 118 valence electrons. The van der Waals surface area contributed by atoms with Gasteiger partial charge in [0.1, 0.15) is 12.4 Å². The number of nitrogens with zero attached hydrogens (tertiary/aromatic N) is 2. The standard InChI is InChI=1S/C20H22N2O/c1-15(2)12-22-13-19(22)14-23-20-9-7-18(8-10-20)17-5-3-16(11-21)4-6-17/h3-10,15,19H,12-14H2,1-2H3. The Bertz CT molecular complexity index is 683. The Labute approximate surface area is 138 Å². The first kappa shape index (κ1) is 15.6. The van der Waals surface area contributed by atoms with Crippen molar-refractivity contribution in [3.8, 4) is 22.9 Å². The molecule has 0 aliphatic carbocycles. The smallest absolute Gasteiger partial charge is 0.119 e. The molecule has 2 aromatic carbocycles. The van der Waals surface area contributed by atoms with Gasteiger partial charge in [0, 0.05) is 13.1 Å². The van der Waals surface area contributed by atoms with Crippen LogP contribution in [0, 0.1) is 17.2 Å². The predicted molar refractivity (Wildman–Crippen MR) is 92.3 cm³/mol. The van der Waals surface area contributed by atoms with Crippen molar-refractivity contribution in [2.24, 2.45) is 5.92 Å². The highest BCUT2D eigenvalue weighted by molar-refractivity contribution is 5.64. The lowest BCUT2D eigenvalue weighted by molar-refractivity contribution is 0.287. The zero-order chi connectivity index (χ0) is 16.2. The average molecular weight is 306 g/mol. The summed E-state index contributed by atoms with van der Waals surface area (Å²) in [6.07, 6.45) is 0. The van der Waals surface area contributed by atoms with E-state index in [0.717, 1.165) is 36.6 Å². The second-order valence-corrected chi connectivity index (χ2v) is 6.53. The number of benzene rings is 2. The highest BCUT2D eigenvalue weighted by Crippen LogP contribution is 2.24. The minimum Gasteiger partial charge on any atom is -0.492 e. The van der Waals surface area contributed by atoms with Crippen molar-refractivity contribution >= 4 is 0 Å². The van der Waals surface area contributed by atoms with E-state index in [2.05, 4.69) is 36.9 Å². The Balaban J connectivity index is 1.54. The molecule has 2 aromatic rings. The molecule has 0 aromatic heterocycles. The van der Waals surface area contributed by atoms with Crippen molar-refractivity contribution in [1.82, 2.24) is 4.90 Å². The fraction of sp³-hybridized carbons (Fsp3) is 0.350. The van der Waals surface area contributed by atoms with Crippen LogP contribution in [-0.2, 0) is 0 Å². The van der Waals surface area contributed by atoms with Gasteiger partial charge in [0.25, 0.3) is 0 Å². The van der Waals surface area contributed by atoms with Crippen molar-refractivity contribution in [3.05, 3.63) is 54.1 Å². The Kier molecular flexibility index (Phi) is 4.64. The van der Waals surface area contributed by atoms with E-state index in [-0.39, 0.29) is 0 Å². The molecular weight excluding hydrogens is 284 g/mol. The van der Waals surface area contributed by atoms with Gasteiger partial charge in [-0.25, -0.2) is 0 Å². The van der Waals surface area contributed by atoms with Gasteiger partial charge < -0.3 is 4.74 Å². The third-order valence-electron chi connectivity index (χ3n) is 4.07. The summed E-state index contributed by atoms with van der Waals surface area (Å²) in [5.41, 5.74) is 2.93. The number of hydrogen-bond donors (Lipinski definition) is 0. The zero-order valence-corrected chi connectivity index (χ0v) is 13.7. The maximum Gasteiger partial charge on any atom is 0.119 e. The Hall–Kier alpha value is -2.31. The minimum absolute atomic E-state index is 0.579. The average Bonchev–Trinajstić information content (AvgIpc) is 3.30. The lowest BCUT2D eigenvalue weighted by Crippen LogP contribution is -2.14. The Morgan fingerprint density at radius 1 is 1.09 bits per heavy atom. The topological polar surface area (TPSA) is 36.0 Å². The number of rotatable bonds is 6. The van der Waals surface area contributed by atoms with Crippen molar-refractivity contribution < 1.29 is 4.74 Å². The van der Waals surface area contributed by atoms with Crippen LogP contribution in [0.25, 0.3) is 11.1 Å². The van der Waals surface area contributed by atoms with E-state index >= 15 is 0 Å². The van der Waals surface area contributed by atoms with Crippen LogP contribution in [0.5, 0.6) is 5.75 Å². The van der Waals surface area contributed by atoms with Gasteiger partial charge in [-0.2, -0.15) is 5.26 Å². The van der Waals surface area contributed by atoms with Crippen LogP contribution in [0.15, 0.2) is 48.5 Å². The summed E-state index contributed by atoms with van der Waals surface area (Å²) in [7, 11) is 0. The molecule has 2 atom stereocenters. The summed E-state index contributed by atoms with van der Waals surface area (Å²) in [5.74, 6) is 1.63. The molecule has 0 bridgehead atoms. The van der Waals surface area contributed by atoms with Gasteiger partial charge in [0.05, 0.1) is 17.7 Å². The van der Waals surface area contributed by atoms with E-state index in [1.54, 1.807) is 0 Å². The number of hydrogen-bond acceptors (Lipinski definition) is 3. The molecule has 0 spiro atoms. The Morgan fingerprint density at radius 3 is 2.26 bits per heavy atom. The lowest BCUT2D eigenvalue weighted by atomic mass is 10.0. The van der Waals surface area contributed by atoms with Crippen LogP contribution < -0.4 is 4.74 Å². The summed E-state index contributed by atoms with van der Waals surface area (Å²) in [6.45, 7) is 7.58. The molecule has 1 aliphatic rings. The van der Waals surface area contributed by atoms with Gasteiger partial charge in [0.15, 0.2) is 0 Å². The van der Waals surface area contributed by atoms with Crippen molar-refractivity contribution in [3.63, 3.8) is 0 Å². The third kappa shape index (κ3) is 4.12. The largest absolute Gasteiger partial charge is 0.492 e. The minimum atomic E-state index is 0.579. The molecule has 0 N–H and O–H groups in total. The molecule has 0 saturated carbocycles. The normalized spacial score (nSPS) is 19.4.